The molecule has 0 saturated carbocycles. The normalized spacial score (nSPS) is 12.3. The number of nitrogens with two attached hydrogens (primary N) is 1. The molecule has 0 amide bonds. The summed E-state index contributed by atoms with van der Waals surface area (Å²) in [6, 6.07) is 10.7. The smallest absolute Gasteiger partial charge is 0.237 e. The Bertz CT molecular complexity index is 799. The van der Waals surface area contributed by atoms with Crippen molar-refractivity contribution in [3.05, 3.63) is 46.6 Å². The van der Waals surface area contributed by atoms with Gasteiger partial charge >= 0.3 is 0 Å². The van der Waals surface area contributed by atoms with E-state index in [1.165, 1.54) is 6.07 Å². The number of nitriles is 2. The topological polar surface area (TPSA) is 95.7 Å². The number of hydrogen-bond donors (Lipinski definition) is 1. The van der Waals surface area contributed by atoms with Gasteiger partial charge < -0.3 is 10.5 Å². The van der Waals surface area contributed by atoms with Crippen molar-refractivity contribution in [1.29, 1.82) is 10.5 Å². The molecule has 2 aromatic rings. The molecule has 1 heterocycles. The van der Waals surface area contributed by atoms with E-state index in [1.54, 1.807) is 12.1 Å². The van der Waals surface area contributed by atoms with Gasteiger partial charge in [0.15, 0.2) is 5.75 Å². The van der Waals surface area contributed by atoms with Crippen LogP contribution in [0.15, 0.2) is 24.3 Å². The van der Waals surface area contributed by atoms with Gasteiger partial charge in [-0.2, -0.15) is 10.5 Å². The minimum atomic E-state index is 0.273. The zero-order valence-corrected chi connectivity index (χ0v) is 11.3. The van der Waals surface area contributed by atoms with Crippen LogP contribution in [0.4, 0.5) is 5.69 Å². The quantitative estimate of drug-likeness (QED) is 0.851. The lowest BCUT2D eigenvalue weighted by molar-refractivity contribution is 0.461. The number of aryl methyl sites for hydroxylation is 2. The first kappa shape index (κ1) is 13.0. The van der Waals surface area contributed by atoms with Crippen LogP contribution in [0.3, 0.4) is 0 Å². The van der Waals surface area contributed by atoms with Gasteiger partial charge in [0.1, 0.15) is 11.6 Å². The first-order chi connectivity index (χ1) is 10.2. The van der Waals surface area contributed by atoms with Crippen LogP contribution in [0, 0.1) is 22.7 Å². The van der Waals surface area contributed by atoms with Crippen molar-refractivity contribution in [3.8, 4) is 23.8 Å². The van der Waals surface area contributed by atoms with Gasteiger partial charge in [0.05, 0.1) is 17.3 Å². The number of pyridine rings is 1. The van der Waals surface area contributed by atoms with Crippen LogP contribution in [0.1, 0.15) is 28.8 Å². The summed E-state index contributed by atoms with van der Waals surface area (Å²) >= 11 is 0. The molecule has 21 heavy (non-hydrogen) atoms. The SMILES string of the molecule is N#Cc1ccc(Oc2nc3c(cc2C#N)CCC3)c(N)c1. The molecular weight excluding hydrogens is 264 g/mol. The highest BCUT2D eigenvalue weighted by molar-refractivity contribution is 5.58. The van der Waals surface area contributed by atoms with Gasteiger partial charge in [0.2, 0.25) is 5.88 Å². The molecule has 3 rings (SSSR count). The second-order valence-corrected chi connectivity index (χ2v) is 4.88. The predicted octanol–water partition coefficient (Wildman–Crippen LogP) is 2.69. The summed E-state index contributed by atoms with van der Waals surface area (Å²) in [5.41, 5.74) is 9.17. The Kier molecular flexibility index (Phi) is 3.17. The summed E-state index contributed by atoms with van der Waals surface area (Å²) in [6.45, 7) is 0. The molecule has 1 aliphatic carbocycles. The van der Waals surface area contributed by atoms with Crippen molar-refractivity contribution in [2.24, 2.45) is 0 Å². The summed E-state index contributed by atoms with van der Waals surface area (Å²) in [6.07, 6.45) is 2.91. The third-order valence-corrected chi connectivity index (χ3v) is 3.48. The standard InChI is InChI=1S/C16H12N4O/c17-8-10-4-5-15(13(19)6-10)21-16-12(9-18)7-11-2-1-3-14(11)20-16/h4-7H,1-3,19H2. The number of nitrogen functional groups attached to an aromatic ring is 1. The molecule has 0 aliphatic heterocycles. The summed E-state index contributed by atoms with van der Waals surface area (Å²) in [7, 11) is 0. The van der Waals surface area contributed by atoms with Crippen molar-refractivity contribution in [2.75, 3.05) is 5.73 Å². The van der Waals surface area contributed by atoms with Crippen LogP contribution in [-0.4, -0.2) is 4.98 Å². The minimum absolute atomic E-state index is 0.273. The largest absolute Gasteiger partial charge is 0.436 e. The molecule has 0 atom stereocenters. The van der Waals surface area contributed by atoms with E-state index < -0.39 is 0 Å². The molecule has 5 nitrogen and oxygen atoms in total. The molecule has 0 saturated heterocycles. The molecule has 1 aromatic carbocycles. The molecule has 102 valence electrons. The zero-order valence-electron chi connectivity index (χ0n) is 11.3. The Morgan fingerprint density at radius 2 is 2.00 bits per heavy atom. The average Bonchev–Trinajstić information content (AvgIpc) is 2.95. The van der Waals surface area contributed by atoms with E-state index in [0.29, 0.717) is 22.6 Å². The van der Waals surface area contributed by atoms with Gasteiger partial charge in [-0.25, -0.2) is 4.98 Å². The lowest BCUT2D eigenvalue weighted by Crippen LogP contribution is -1.99. The van der Waals surface area contributed by atoms with Gasteiger partial charge in [-0.15, -0.1) is 0 Å². The van der Waals surface area contributed by atoms with Crippen molar-refractivity contribution in [1.82, 2.24) is 4.98 Å². The van der Waals surface area contributed by atoms with E-state index in [1.807, 2.05) is 12.1 Å². The molecule has 0 fully saturated rings. The molecule has 0 radical (unpaired) electrons. The lowest BCUT2D eigenvalue weighted by atomic mass is 10.1. The Balaban J connectivity index is 1.99. The van der Waals surface area contributed by atoms with Crippen LogP contribution >= 0.6 is 0 Å². The van der Waals surface area contributed by atoms with E-state index in [2.05, 4.69) is 11.1 Å². The Labute approximate surface area is 122 Å². The van der Waals surface area contributed by atoms with E-state index >= 15 is 0 Å². The van der Waals surface area contributed by atoms with Gasteiger partial charge in [0, 0.05) is 5.69 Å². The maximum absolute atomic E-state index is 9.23. The Hall–Kier alpha value is -3.05. The Morgan fingerprint density at radius 1 is 1.14 bits per heavy atom. The number of fused-ring (bicyclic) bond motifs is 1. The van der Waals surface area contributed by atoms with Gasteiger partial charge in [0.25, 0.3) is 0 Å². The van der Waals surface area contributed by atoms with Crippen LogP contribution in [-0.2, 0) is 12.8 Å². The summed E-state index contributed by atoms with van der Waals surface area (Å²) in [5, 5.41) is 18.1. The number of hydrogen-bond acceptors (Lipinski definition) is 5. The molecule has 5 heteroatoms. The number of benzene rings is 1. The maximum atomic E-state index is 9.23. The van der Waals surface area contributed by atoms with Crippen molar-refractivity contribution >= 4 is 5.69 Å². The number of aromatic nitrogens is 1. The molecule has 0 spiro atoms. The molecule has 2 N–H and O–H groups in total. The summed E-state index contributed by atoms with van der Waals surface area (Å²) in [4.78, 5) is 4.44. The third kappa shape index (κ3) is 2.37. The second-order valence-electron chi connectivity index (χ2n) is 4.88. The van der Waals surface area contributed by atoms with Gasteiger partial charge in [-0.05, 0) is 49.1 Å². The number of rotatable bonds is 2. The van der Waals surface area contributed by atoms with Gasteiger partial charge in [-0.3, -0.25) is 0 Å². The monoisotopic (exact) mass is 276 g/mol. The van der Waals surface area contributed by atoms with E-state index in [-0.39, 0.29) is 5.88 Å². The fourth-order valence-corrected chi connectivity index (χ4v) is 2.43. The predicted molar refractivity (Wildman–Crippen MR) is 76.6 cm³/mol. The Morgan fingerprint density at radius 3 is 2.71 bits per heavy atom. The fourth-order valence-electron chi connectivity index (χ4n) is 2.43. The van der Waals surface area contributed by atoms with Crippen molar-refractivity contribution in [2.45, 2.75) is 19.3 Å². The van der Waals surface area contributed by atoms with Crippen LogP contribution in [0.5, 0.6) is 11.6 Å². The highest BCUT2D eigenvalue weighted by atomic mass is 16.5. The molecule has 1 aromatic heterocycles. The van der Waals surface area contributed by atoms with Gasteiger partial charge in [-0.1, -0.05) is 0 Å². The molecular formula is C16H12N4O. The fraction of sp³-hybridized carbons (Fsp3) is 0.188. The molecule has 1 aliphatic rings. The van der Waals surface area contributed by atoms with E-state index in [0.717, 1.165) is 30.5 Å². The number of anilines is 1. The lowest BCUT2D eigenvalue weighted by Gasteiger charge is -2.10. The van der Waals surface area contributed by atoms with Crippen LogP contribution in [0.25, 0.3) is 0 Å². The zero-order chi connectivity index (χ0) is 14.8. The van der Waals surface area contributed by atoms with Crippen LogP contribution < -0.4 is 10.5 Å². The summed E-state index contributed by atoms with van der Waals surface area (Å²) < 4.78 is 5.69. The summed E-state index contributed by atoms with van der Waals surface area (Å²) in [5.74, 6) is 0.672. The first-order valence-corrected chi connectivity index (χ1v) is 6.61. The van der Waals surface area contributed by atoms with Crippen molar-refractivity contribution in [3.63, 3.8) is 0 Å². The van der Waals surface area contributed by atoms with E-state index in [4.69, 9.17) is 15.7 Å². The highest BCUT2D eigenvalue weighted by Crippen LogP contribution is 2.32. The molecule has 0 unspecified atom stereocenters. The third-order valence-electron chi connectivity index (χ3n) is 3.48. The minimum Gasteiger partial charge on any atom is -0.436 e. The number of nitrogens with zero attached hydrogens (tertiary/aromatic N) is 3. The van der Waals surface area contributed by atoms with Crippen molar-refractivity contribution < 1.29 is 4.74 Å². The second kappa shape index (κ2) is 5.15. The van der Waals surface area contributed by atoms with Crippen LogP contribution in [0.2, 0.25) is 0 Å². The maximum Gasteiger partial charge on any atom is 0.237 e. The number of ether oxygens (including phenoxy) is 1. The average molecular weight is 276 g/mol. The van der Waals surface area contributed by atoms with E-state index in [9.17, 15) is 5.26 Å². The first-order valence-electron chi connectivity index (χ1n) is 6.61. The molecule has 0 bridgehead atoms. The highest BCUT2D eigenvalue weighted by Gasteiger charge is 2.18.